The van der Waals surface area contributed by atoms with E-state index in [1.807, 2.05) is 11.0 Å². The highest BCUT2D eigenvalue weighted by atomic mass is 19.4. The van der Waals surface area contributed by atoms with Gasteiger partial charge in [0.25, 0.3) is 0 Å². The van der Waals surface area contributed by atoms with Crippen LogP contribution in [0.3, 0.4) is 0 Å². The highest BCUT2D eigenvalue weighted by molar-refractivity contribution is 5.95. The van der Waals surface area contributed by atoms with Gasteiger partial charge in [0.1, 0.15) is 6.07 Å². The smallest absolute Gasteiger partial charge is 0.370 e. The zero-order chi connectivity index (χ0) is 21.6. The summed E-state index contributed by atoms with van der Waals surface area (Å²) in [4.78, 5) is 8.35. The van der Waals surface area contributed by atoms with E-state index in [0.717, 1.165) is 43.7 Å². The van der Waals surface area contributed by atoms with Crippen LogP contribution in [0.1, 0.15) is 18.4 Å². The third-order valence-corrected chi connectivity index (χ3v) is 7.24. The number of piperidine rings is 1. The molecule has 5 nitrogen and oxygen atoms in total. The topological polar surface area (TPSA) is 55.2 Å². The third kappa shape index (κ3) is 3.74. The van der Waals surface area contributed by atoms with Crippen LogP contribution < -0.4 is 10.2 Å². The van der Waals surface area contributed by atoms with Gasteiger partial charge in [0.15, 0.2) is 0 Å². The normalized spacial score (nSPS) is 26.2. The van der Waals surface area contributed by atoms with E-state index in [-0.39, 0.29) is 12.0 Å². The van der Waals surface area contributed by atoms with Gasteiger partial charge in [-0.1, -0.05) is 0 Å². The summed E-state index contributed by atoms with van der Waals surface area (Å²) in [5, 5.41) is 13.5. The van der Waals surface area contributed by atoms with Crippen molar-refractivity contribution in [1.29, 1.82) is 5.26 Å². The minimum atomic E-state index is -4.23. The number of aromatic nitrogens is 1. The largest absolute Gasteiger partial charge is 0.393 e. The van der Waals surface area contributed by atoms with Crippen LogP contribution in [0.25, 0.3) is 10.9 Å². The summed E-state index contributed by atoms with van der Waals surface area (Å²) in [6.45, 7) is 4.60. The van der Waals surface area contributed by atoms with Crippen LogP contribution in [0.15, 0.2) is 30.5 Å². The highest BCUT2D eigenvalue weighted by Crippen LogP contribution is 2.43. The van der Waals surface area contributed by atoms with Crippen LogP contribution in [0.2, 0.25) is 0 Å². The van der Waals surface area contributed by atoms with Gasteiger partial charge in [-0.25, -0.2) is 0 Å². The Hall–Kier alpha value is -2.37. The van der Waals surface area contributed by atoms with Gasteiger partial charge in [-0.3, -0.25) is 4.98 Å². The molecule has 2 aromatic rings. The van der Waals surface area contributed by atoms with Gasteiger partial charge in [0.2, 0.25) is 0 Å². The molecule has 2 atom stereocenters. The first kappa shape index (κ1) is 20.5. The summed E-state index contributed by atoms with van der Waals surface area (Å²) in [6.07, 6.45) is -0.302. The summed E-state index contributed by atoms with van der Waals surface area (Å²) in [6, 6.07) is 9.16. The Morgan fingerprint density at radius 3 is 2.77 bits per heavy atom. The molecule has 1 aromatic carbocycles. The molecular weight excluding hydrogens is 403 g/mol. The lowest BCUT2D eigenvalue weighted by molar-refractivity contribution is -0.182. The van der Waals surface area contributed by atoms with E-state index in [4.69, 9.17) is 0 Å². The SMILES string of the molecule is N#Cc1ccc(N2C[C@H](CN3CC4(CCCNC4)C3)[C@@H](C(F)(F)F)C2)c2cccnc12. The molecule has 0 saturated carbocycles. The summed E-state index contributed by atoms with van der Waals surface area (Å²) in [5.41, 5.74) is 1.98. The summed E-state index contributed by atoms with van der Waals surface area (Å²) >= 11 is 0. The van der Waals surface area contributed by atoms with E-state index >= 15 is 0 Å². The first-order valence-corrected chi connectivity index (χ1v) is 10.9. The number of anilines is 1. The predicted molar refractivity (Wildman–Crippen MR) is 113 cm³/mol. The standard InChI is InChI=1S/C23H26F3N5/c24-23(25,26)19-12-31(20-5-4-16(9-27)21-18(20)3-1-8-29-21)11-17(19)10-30-14-22(15-30)6-2-7-28-13-22/h1,3-5,8,17,19,28H,2,6-7,10-15H2/t17-,19-/m0/s1. The van der Waals surface area contributed by atoms with Gasteiger partial charge >= 0.3 is 6.18 Å². The molecule has 4 heterocycles. The fraction of sp³-hybridized carbons (Fsp3) is 0.565. The van der Waals surface area contributed by atoms with E-state index in [0.29, 0.717) is 24.2 Å². The minimum absolute atomic E-state index is 0.0510. The molecule has 0 aliphatic carbocycles. The number of hydrogen-bond acceptors (Lipinski definition) is 5. The van der Waals surface area contributed by atoms with Gasteiger partial charge in [-0.2, -0.15) is 18.4 Å². The number of alkyl halides is 3. The van der Waals surface area contributed by atoms with Gasteiger partial charge in [-0.05, 0) is 43.7 Å². The maximum absolute atomic E-state index is 13.9. The van der Waals surface area contributed by atoms with E-state index < -0.39 is 18.0 Å². The number of hydrogen-bond donors (Lipinski definition) is 1. The molecule has 1 N–H and O–H groups in total. The van der Waals surface area contributed by atoms with Crippen LogP contribution in [0.4, 0.5) is 18.9 Å². The van der Waals surface area contributed by atoms with Gasteiger partial charge < -0.3 is 15.1 Å². The molecule has 0 radical (unpaired) electrons. The first-order chi connectivity index (χ1) is 14.9. The number of likely N-dealkylation sites (tertiary alicyclic amines) is 1. The zero-order valence-corrected chi connectivity index (χ0v) is 17.3. The molecule has 0 bridgehead atoms. The summed E-state index contributed by atoms with van der Waals surface area (Å²) in [7, 11) is 0. The number of rotatable bonds is 3. The van der Waals surface area contributed by atoms with Crippen molar-refractivity contribution < 1.29 is 13.2 Å². The lowest BCUT2D eigenvalue weighted by Crippen LogP contribution is -2.63. The Balaban J connectivity index is 1.37. The molecule has 0 amide bonds. The quantitative estimate of drug-likeness (QED) is 0.811. The molecule has 3 aliphatic rings. The van der Waals surface area contributed by atoms with Gasteiger partial charge in [0, 0.05) is 67.9 Å². The van der Waals surface area contributed by atoms with Crippen LogP contribution in [0, 0.1) is 28.6 Å². The second-order valence-electron chi connectivity index (χ2n) is 9.41. The minimum Gasteiger partial charge on any atom is -0.370 e. The molecule has 5 rings (SSSR count). The van der Waals surface area contributed by atoms with Crippen LogP contribution in [0.5, 0.6) is 0 Å². The van der Waals surface area contributed by atoms with Crippen molar-refractivity contribution in [1.82, 2.24) is 15.2 Å². The summed E-state index contributed by atoms with van der Waals surface area (Å²) < 4.78 is 41.8. The lowest BCUT2D eigenvalue weighted by atomic mass is 9.73. The Labute approximate surface area is 179 Å². The maximum atomic E-state index is 13.9. The monoisotopic (exact) mass is 429 g/mol. The van der Waals surface area contributed by atoms with E-state index in [1.54, 1.807) is 24.4 Å². The van der Waals surface area contributed by atoms with Gasteiger partial charge in [0.05, 0.1) is 17.0 Å². The molecule has 3 aliphatic heterocycles. The number of nitriles is 1. The van der Waals surface area contributed by atoms with Crippen molar-refractivity contribution in [3.63, 3.8) is 0 Å². The lowest BCUT2D eigenvalue weighted by Gasteiger charge is -2.53. The number of benzene rings is 1. The Bertz CT molecular complexity index is 1000. The van der Waals surface area contributed by atoms with Crippen molar-refractivity contribution >= 4 is 16.6 Å². The van der Waals surface area contributed by atoms with E-state index in [9.17, 15) is 18.4 Å². The van der Waals surface area contributed by atoms with E-state index in [2.05, 4.69) is 21.3 Å². The predicted octanol–water partition coefficient (Wildman–Crippen LogP) is 3.41. The molecule has 164 valence electrons. The molecule has 3 fully saturated rings. The van der Waals surface area contributed by atoms with E-state index in [1.165, 1.54) is 6.42 Å². The Morgan fingerprint density at radius 2 is 2.06 bits per heavy atom. The van der Waals surface area contributed by atoms with Crippen molar-refractivity contribution in [2.24, 2.45) is 17.3 Å². The van der Waals surface area contributed by atoms with Crippen LogP contribution >= 0.6 is 0 Å². The Morgan fingerprint density at radius 1 is 1.23 bits per heavy atom. The molecule has 1 aromatic heterocycles. The second-order valence-corrected chi connectivity index (χ2v) is 9.41. The van der Waals surface area contributed by atoms with Crippen molar-refractivity contribution in [2.45, 2.75) is 19.0 Å². The average Bonchev–Trinajstić information content (AvgIpc) is 3.17. The van der Waals surface area contributed by atoms with Crippen molar-refractivity contribution in [3.8, 4) is 6.07 Å². The van der Waals surface area contributed by atoms with Crippen LogP contribution in [-0.2, 0) is 0 Å². The molecule has 31 heavy (non-hydrogen) atoms. The molecule has 1 spiro atoms. The fourth-order valence-electron chi connectivity index (χ4n) is 5.81. The first-order valence-electron chi connectivity index (χ1n) is 10.9. The van der Waals surface area contributed by atoms with Crippen molar-refractivity contribution in [3.05, 3.63) is 36.0 Å². The number of pyridine rings is 1. The number of halogens is 3. The number of fused-ring (bicyclic) bond motifs is 1. The number of nitrogens with zero attached hydrogens (tertiary/aromatic N) is 4. The third-order valence-electron chi connectivity index (χ3n) is 7.24. The average molecular weight is 429 g/mol. The maximum Gasteiger partial charge on any atom is 0.393 e. The molecule has 8 heteroatoms. The Kier molecular flexibility index (Phi) is 5.06. The highest BCUT2D eigenvalue weighted by Gasteiger charge is 2.52. The molecule has 0 unspecified atom stereocenters. The zero-order valence-electron chi connectivity index (χ0n) is 17.3. The summed E-state index contributed by atoms with van der Waals surface area (Å²) in [5.74, 6) is -1.81. The fourth-order valence-corrected chi connectivity index (χ4v) is 5.81. The molecular formula is C23H26F3N5. The second kappa shape index (κ2) is 7.64. The van der Waals surface area contributed by atoms with Gasteiger partial charge in [-0.15, -0.1) is 0 Å². The molecule has 3 saturated heterocycles. The number of nitrogens with one attached hydrogen (secondary N) is 1. The van der Waals surface area contributed by atoms with Crippen LogP contribution in [-0.4, -0.2) is 61.9 Å². The van der Waals surface area contributed by atoms with Crippen molar-refractivity contribution in [2.75, 3.05) is 50.7 Å².